The molecule has 0 aromatic carbocycles. The van der Waals surface area contributed by atoms with Crippen molar-refractivity contribution < 1.29 is 5.11 Å². The molecular formula is C11H21N5O. The van der Waals surface area contributed by atoms with Gasteiger partial charge in [-0.25, -0.2) is 4.68 Å². The van der Waals surface area contributed by atoms with Crippen molar-refractivity contribution in [1.82, 2.24) is 25.1 Å². The molecule has 1 aromatic rings. The van der Waals surface area contributed by atoms with Gasteiger partial charge in [-0.05, 0) is 49.2 Å². The summed E-state index contributed by atoms with van der Waals surface area (Å²) in [6, 6.07) is 0. The van der Waals surface area contributed by atoms with E-state index in [1.165, 1.54) is 12.8 Å². The Kier molecular flexibility index (Phi) is 4.06. The van der Waals surface area contributed by atoms with Crippen molar-refractivity contribution in [2.45, 2.75) is 39.3 Å². The number of β-amino-alcohol motifs (C(OH)–C–C–N with tert-alkyl or cyclic N) is 1. The third kappa shape index (κ3) is 3.47. The van der Waals surface area contributed by atoms with Crippen LogP contribution in [-0.2, 0) is 6.54 Å². The molecule has 17 heavy (non-hydrogen) atoms. The Hall–Kier alpha value is -1.01. The Morgan fingerprint density at radius 3 is 2.65 bits per heavy atom. The van der Waals surface area contributed by atoms with Gasteiger partial charge >= 0.3 is 0 Å². The Labute approximate surface area is 102 Å². The van der Waals surface area contributed by atoms with Crippen molar-refractivity contribution in [2.24, 2.45) is 5.92 Å². The molecule has 0 radical (unpaired) electrons. The number of aromatic nitrogens is 4. The summed E-state index contributed by atoms with van der Waals surface area (Å²) in [6.45, 7) is 7.50. The molecule has 0 saturated carbocycles. The molecule has 1 aromatic heterocycles. The maximum atomic E-state index is 10.0. The first-order chi connectivity index (χ1) is 8.15. The predicted octanol–water partition coefficient (Wildman–Crippen LogP) is 0.0743. The van der Waals surface area contributed by atoms with E-state index < -0.39 is 6.10 Å². The highest BCUT2D eigenvalue weighted by molar-refractivity contribution is 4.77. The number of hydrogen-bond donors (Lipinski definition) is 1. The third-order valence-corrected chi connectivity index (χ3v) is 3.44. The second kappa shape index (κ2) is 5.55. The van der Waals surface area contributed by atoms with Crippen molar-refractivity contribution >= 4 is 0 Å². The van der Waals surface area contributed by atoms with Gasteiger partial charge in [0, 0.05) is 6.54 Å². The largest absolute Gasteiger partial charge is 0.390 e. The molecule has 1 aliphatic heterocycles. The summed E-state index contributed by atoms with van der Waals surface area (Å²) < 4.78 is 1.65. The van der Waals surface area contributed by atoms with Gasteiger partial charge in [0.2, 0.25) is 0 Å². The summed E-state index contributed by atoms with van der Waals surface area (Å²) in [6.07, 6.45) is 2.07. The molecule has 0 spiro atoms. The number of tetrazole rings is 1. The zero-order valence-electron chi connectivity index (χ0n) is 10.6. The Morgan fingerprint density at radius 1 is 1.35 bits per heavy atom. The number of likely N-dealkylation sites (tertiary alicyclic amines) is 1. The first-order valence-electron chi connectivity index (χ1n) is 6.28. The van der Waals surface area contributed by atoms with E-state index >= 15 is 0 Å². The van der Waals surface area contributed by atoms with Gasteiger partial charge in [0.1, 0.15) is 5.82 Å². The average molecular weight is 239 g/mol. The second-order valence-corrected chi connectivity index (χ2v) is 5.05. The number of aryl methyl sites for hydroxylation is 1. The minimum absolute atomic E-state index is 0.398. The average Bonchev–Trinajstić information content (AvgIpc) is 2.68. The van der Waals surface area contributed by atoms with E-state index in [0.717, 1.165) is 24.8 Å². The topological polar surface area (TPSA) is 67.1 Å². The number of rotatable bonds is 4. The summed E-state index contributed by atoms with van der Waals surface area (Å²) in [5.41, 5.74) is 0. The van der Waals surface area contributed by atoms with Crippen LogP contribution in [-0.4, -0.2) is 56.0 Å². The lowest BCUT2D eigenvalue weighted by molar-refractivity contribution is 0.0768. The van der Waals surface area contributed by atoms with E-state index in [-0.39, 0.29) is 0 Å². The lowest BCUT2D eigenvalue weighted by Crippen LogP contribution is -2.39. The summed E-state index contributed by atoms with van der Waals surface area (Å²) in [4.78, 5) is 2.32. The van der Waals surface area contributed by atoms with Crippen molar-refractivity contribution in [3.63, 3.8) is 0 Å². The van der Waals surface area contributed by atoms with E-state index in [1.807, 2.05) is 6.92 Å². The van der Waals surface area contributed by atoms with Crippen LogP contribution in [0.15, 0.2) is 0 Å². The smallest absolute Gasteiger partial charge is 0.148 e. The van der Waals surface area contributed by atoms with Gasteiger partial charge in [0.05, 0.1) is 12.6 Å². The molecule has 1 fully saturated rings. The van der Waals surface area contributed by atoms with Crippen LogP contribution in [0.4, 0.5) is 0 Å². The fraction of sp³-hybridized carbons (Fsp3) is 0.909. The molecule has 1 aliphatic rings. The van der Waals surface area contributed by atoms with E-state index in [2.05, 4.69) is 27.3 Å². The van der Waals surface area contributed by atoms with Crippen LogP contribution in [0.5, 0.6) is 0 Å². The van der Waals surface area contributed by atoms with Gasteiger partial charge in [-0.2, -0.15) is 0 Å². The third-order valence-electron chi connectivity index (χ3n) is 3.44. The number of piperidine rings is 1. The molecule has 2 heterocycles. The molecule has 96 valence electrons. The van der Waals surface area contributed by atoms with E-state index in [9.17, 15) is 5.11 Å². The molecule has 2 rings (SSSR count). The fourth-order valence-corrected chi connectivity index (χ4v) is 2.22. The molecule has 1 saturated heterocycles. The number of aliphatic hydroxyl groups is 1. The van der Waals surface area contributed by atoms with Crippen molar-refractivity contribution in [3.05, 3.63) is 5.82 Å². The van der Waals surface area contributed by atoms with Crippen molar-refractivity contribution in [1.29, 1.82) is 0 Å². The highest BCUT2D eigenvalue weighted by atomic mass is 16.3. The maximum Gasteiger partial charge on any atom is 0.148 e. The van der Waals surface area contributed by atoms with Crippen molar-refractivity contribution in [2.75, 3.05) is 19.6 Å². The first kappa shape index (κ1) is 12.4. The highest BCUT2D eigenvalue weighted by Gasteiger charge is 2.19. The minimum atomic E-state index is -0.398. The van der Waals surface area contributed by atoms with Crippen LogP contribution in [0.25, 0.3) is 0 Å². The van der Waals surface area contributed by atoms with Gasteiger partial charge < -0.3 is 10.0 Å². The van der Waals surface area contributed by atoms with Crippen LogP contribution in [0.1, 0.15) is 25.6 Å². The SMILES string of the molecule is Cc1nnnn1C[C@@H](O)CN1CCC(C)CC1. The molecule has 1 N–H and O–H groups in total. The Balaban J connectivity index is 1.77. The van der Waals surface area contributed by atoms with Crippen LogP contribution in [0.3, 0.4) is 0 Å². The van der Waals surface area contributed by atoms with Crippen molar-refractivity contribution in [3.8, 4) is 0 Å². The molecular weight excluding hydrogens is 218 g/mol. The van der Waals surface area contributed by atoms with E-state index in [0.29, 0.717) is 13.1 Å². The second-order valence-electron chi connectivity index (χ2n) is 5.05. The van der Waals surface area contributed by atoms with Crippen LogP contribution < -0.4 is 0 Å². The molecule has 0 bridgehead atoms. The van der Waals surface area contributed by atoms with Gasteiger partial charge in [0.15, 0.2) is 0 Å². The highest BCUT2D eigenvalue weighted by Crippen LogP contribution is 2.16. The molecule has 0 unspecified atom stereocenters. The zero-order valence-corrected chi connectivity index (χ0v) is 10.6. The normalized spacial score (nSPS) is 20.6. The lowest BCUT2D eigenvalue weighted by atomic mass is 9.99. The molecule has 6 nitrogen and oxygen atoms in total. The molecule has 1 atom stereocenters. The van der Waals surface area contributed by atoms with Crippen LogP contribution in [0, 0.1) is 12.8 Å². The fourth-order valence-electron chi connectivity index (χ4n) is 2.22. The molecule has 0 aliphatic carbocycles. The lowest BCUT2D eigenvalue weighted by Gasteiger charge is -2.31. The van der Waals surface area contributed by atoms with Crippen LogP contribution >= 0.6 is 0 Å². The Morgan fingerprint density at radius 2 is 2.06 bits per heavy atom. The summed E-state index contributed by atoms with van der Waals surface area (Å²) >= 11 is 0. The van der Waals surface area contributed by atoms with Gasteiger partial charge in [-0.1, -0.05) is 6.92 Å². The molecule has 6 heteroatoms. The Bertz CT molecular complexity index is 345. The monoisotopic (exact) mass is 239 g/mol. The number of nitrogens with zero attached hydrogens (tertiary/aromatic N) is 5. The summed E-state index contributed by atoms with van der Waals surface area (Å²) in [7, 11) is 0. The maximum absolute atomic E-state index is 10.0. The minimum Gasteiger partial charge on any atom is -0.390 e. The zero-order chi connectivity index (χ0) is 12.3. The summed E-state index contributed by atoms with van der Waals surface area (Å²) in [5, 5.41) is 21.2. The predicted molar refractivity (Wildman–Crippen MR) is 63.4 cm³/mol. The first-order valence-corrected chi connectivity index (χ1v) is 6.28. The van der Waals surface area contributed by atoms with E-state index in [4.69, 9.17) is 0 Å². The van der Waals surface area contributed by atoms with Gasteiger partial charge in [-0.3, -0.25) is 0 Å². The molecule has 0 amide bonds. The summed E-state index contributed by atoms with van der Waals surface area (Å²) in [5.74, 6) is 1.57. The number of hydrogen-bond acceptors (Lipinski definition) is 5. The van der Waals surface area contributed by atoms with Crippen LogP contribution in [0.2, 0.25) is 0 Å². The standard InChI is InChI=1S/C11H21N5O/c1-9-3-5-15(6-4-9)7-11(17)8-16-10(2)12-13-14-16/h9,11,17H,3-8H2,1-2H3/t11-/m0/s1. The van der Waals surface area contributed by atoms with Gasteiger partial charge in [0.25, 0.3) is 0 Å². The van der Waals surface area contributed by atoms with Gasteiger partial charge in [-0.15, -0.1) is 5.10 Å². The quantitative estimate of drug-likeness (QED) is 0.805. The van der Waals surface area contributed by atoms with E-state index in [1.54, 1.807) is 4.68 Å². The number of aliphatic hydroxyl groups excluding tert-OH is 1.